The Morgan fingerprint density at radius 2 is 1.53 bits per heavy atom. The Morgan fingerprint density at radius 3 is 2.07 bits per heavy atom. The van der Waals surface area contributed by atoms with Crippen LogP contribution in [-0.4, -0.2) is 36.3 Å². The summed E-state index contributed by atoms with van der Waals surface area (Å²) in [5, 5.41) is 0. The minimum Gasteiger partial charge on any atom is -0.433 e. The highest BCUT2D eigenvalue weighted by atomic mass is 35.5. The summed E-state index contributed by atoms with van der Waals surface area (Å²) >= 11 is 5.49. The number of ether oxygens (including phenoxy) is 1. The fraction of sp³-hybridized carbons (Fsp3) is 0.381. The average Bonchev–Trinajstić information content (AvgIpc) is 3.26. The van der Waals surface area contributed by atoms with E-state index >= 15 is 0 Å². The van der Waals surface area contributed by atoms with Gasteiger partial charge in [0, 0.05) is 6.54 Å². The van der Waals surface area contributed by atoms with Crippen molar-refractivity contribution < 1.29 is 27.7 Å². The molecule has 1 fully saturated rings. The summed E-state index contributed by atoms with van der Waals surface area (Å²) in [6.45, 7) is 0.702. The van der Waals surface area contributed by atoms with Crippen LogP contribution in [0.4, 0.5) is 4.79 Å². The Hall–Kier alpha value is -1.89. The van der Waals surface area contributed by atoms with E-state index in [1.807, 2.05) is 60.7 Å². The number of likely N-dealkylation sites (tertiary alicyclic amines) is 1. The molecule has 0 N–H and O–H groups in total. The maximum absolute atomic E-state index is 13.3. The number of amides is 1. The number of benzene rings is 2. The average molecular weight is 454 g/mol. The van der Waals surface area contributed by atoms with E-state index in [1.165, 1.54) is 4.90 Å². The molecular weight excluding hydrogens is 429 g/mol. The fourth-order valence-electron chi connectivity index (χ4n) is 3.12. The van der Waals surface area contributed by atoms with Crippen LogP contribution in [0.1, 0.15) is 24.0 Å². The summed E-state index contributed by atoms with van der Waals surface area (Å²) in [5.41, 5.74) is 1.69. The quantitative estimate of drug-likeness (QED) is 0.357. The van der Waals surface area contributed by atoms with Gasteiger partial charge in [-0.2, -0.15) is 0 Å². The number of carbonyl (C=O) groups excluding carboxylic acids is 1. The zero-order chi connectivity index (χ0) is 21.2. The van der Waals surface area contributed by atoms with Crippen molar-refractivity contribution in [2.75, 3.05) is 19.2 Å². The zero-order valence-electron chi connectivity index (χ0n) is 16.5. The molecule has 1 aliphatic heterocycles. The van der Waals surface area contributed by atoms with Gasteiger partial charge >= 0.3 is 13.9 Å². The van der Waals surface area contributed by atoms with Crippen molar-refractivity contribution in [1.29, 1.82) is 0 Å². The van der Waals surface area contributed by atoms with Gasteiger partial charge in [0.15, 0.2) is 6.07 Å². The second kappa shape index (κ2) is 11.5. The lowest BCUT2D eigenvalue weighted by Gasteiger charge is -2.25. The lowest BCUT2D eigenvalue weighted by atomic mass is 10.2. The van der Waals surface area contributed by atoms with Gasteiger partial charge in [-0.1, -0.05) is 72.3 Å². The van der Waals surface area contributed by atoms with Crippen molar-refractivity contribution in [1.82, 2.24) is 4.90 Å². The summed E-state index contributed by atoms with van der Waals surface area (Å²) in [6, 6.07) is 18.2. The van der Waals surface area contributed by atoms with Crippen LogP contribution >= 0.6 is 19.4 Å². The van der Waals surface area contributed by atoms with Crippen molar-refractivity contribution in [3.8, 4) is 0 Å². The number of halogens is 1. The molecule has 0 radical (unpaired) electrons. The van der Waals surface area contributed by atoms with Gasteiger partial charge in [-0.25, -0.2) is 9.36 Å². The molecule has 0 spiro atoms. The standard InChI is InChI=1S/C21H25ClNO6P/c22-17-26-21(24)23-13-7-12-20(23)16-29-30(25,27-14-18-8-3-1-4-9-18)28-15-19-10-5-2-6-11-19/h1-6,8-11,20H,7,12-17H2. The number of phosphoric acid groups is 1. The number of alkyl halides is 1. The van der Waals surface area contributed by atoms with E-state index in [0.29, 0.717) is 13.0 Å². The van der Waals surface area contributed by atoms with Crippen molar-refractivity contribution in [2.24, 2.45) is 0 Å². The first-order chi connectivity index (χ1) is 14.6. The predicted octanol–water partition coefficient (Wildman–Crippen LogP) is 5.34. The Labute approximate surface area is 181 Å². The first-order valence-corrected chi connectivity index (χ1v) is 11.7. The maximum Gasteiger partial charge on any atom is 0.475 e. The van der Waals surface area contributed by atoms with E-state index in [9.17, 15) is 9.36 Å². The van der Waals surface area contributed by atoms with Crippen LogP contribution in [0.5, 0.6) is 0 Å². The van der Waals surface area contributed by atoms with Gasteiger partial charge < -0.3 is 9.64 Å². The molecule has 1 heterocycles. The minimum absolute atomic E-state index is 0.0121. The van der Waals surface area contributed by atoms with Gasteiger partial charge in [-0.05, 0) is 24.0 Å². The molecule has 1 aliphatic rings. The SMILES string of the molecule is O=C(OCCl)N1CCCC1COP(=O)(OCc1ccccc1)OCc1ccccc1. The number of carbonyl (C=O) groups is 1. The first kappa shape index (κ1) is 22.8. The number of hydrogen-bond donors (Lipinski definition) is 0. The van der Waals surface area contributed by atoms with E-state index in [0.717, 1.165) is 17.5 Å². The minimum atomic E-state index is -3.88. The molecule has 7 nitrogen and oxygen atoms in total. The lowest BCUT2D eigenvalue weighted by Crippen LogP contribution is -2.38. The molecule has 1 unspecified atom stereocenters. The van der Waals surface area contributed by atoms with Gasteiger partial charge in [0.1, 0.15) is 0 Å². The van der Waals surface area contributed by atoms with Crippen LogP contribution in [0.25, 0.3) is 0 Å². The van der Waals surface area contributed by atoms with Crippen LogP contribution < -0.4 is 0 Å². The molecule has 2 aromatic carbocycles. The number of nitrogens with zero attached hydrogens (tertiary/aromatic N) is 1. The van der Waals surface area contributed by atoms with E-state index in [2.05, 4.69) is 0 Å². The van der Waals surface area contributed by atoms with Gasteiger partial charge in [-0.15, -0.1) is 0 Å². The lowest BCUT2D eigenvalue weighted by molar-refractivity contribution is 0.0704. The van der Waals surface area contributed by atoms with Crippen LogP contribution in [0.15, 0.2) is 60.7 Å². The zero-order valence-corrected chi connectivity index (χ0v) is 18.2. The second-order valence-electron chi connectivity index (χ2n) is 6.77. The number of hydrogen-bond acceptors (Lipinski definition) is 6. The van der Waals surface area contributed by atoms with Crippen molar-refractivity contribution in [2.45, 2.75) is 32.1 Å². The van der Waals surface area contributed by atoms with Crippen molar-refractivity contribution >= 4 is 25.5 Å². The highest BCUT2D eigenvalue weighted by molar-refractivity contribution is 7.48. The third-order valence-corrected chi connectivity index (χ3v) is 6.14. The van der Waals surface area contributed by atoms with E-state index < -0.39 is 13.9 Å². The Bertz CT molecular complexity index is 790. The number of phosphoric ester groups is 1. The van der Waals surface area contributed by atoms with Crippen LogP contribution in [0.2, 0.25) is 0 Å². The van der Waals surface area contributed by atoms with E-state index in [1.54, 1.807) is 0 Å². The Balaban J connectivity index is 1.63. The summed E-state index contributed by atoms with van der Waals surface area (Å²) in [5.74, 6) is 0. The monoisotopic (exact) mass is 453 g/mol. The first-order valence-electron chi connectivity index (χ1n) is 9.70. The fourth-order valence-corrected chi connectivity index (χ4v) is 4.41. The van der Waals surface area contributed by atoms with E-state index in [4.69, 9.17) is 29.9 Å². The van der Waals surface area contributed by atoms with Gasteiger partial charge in [0.2, 0.25) is 0 Å². The predicted molar refractivity (Wildman–Crippen MR) is 113 cm³/mol. The molecule has 0 aliphatic carbocycles. The van der Waals surface area contributed by atoms with E-state index in [-0.39, 0.29) is 31.9 Å². The molecule has 2 aromatic rings. The van der Waals surface area contributed by atoms with Crippen LogP contribution in [0, 0.1) is 0 Å². The summed E-state index contributed by atoms with van der Waals surface area (Å²) in [6.07, 6.45) is 0.988. The molecule has 0 bridgehead atoms. The molecule has 0 saturated carbocycles. The van der Waals surface area contributed by atoms with Crippen LogP contribution in [0.3, 0.4) is 0 Å². The van der Waals surface area contributed by atoms with Crippen LogP contribution in [-0.2, 0) is 36.1 Å². The molecule has 0 aromatic heterocycles. The number of rotatable bonds is 10. The highest BCUT2D eigenvalue weighted by Crippen LogP contribution is 2.51. The Morgan fingerprint density at radius 1 is 0.967 bits per heavy atom. The molecule has 162 valence electrons. The highest BCUT2D eigenvalue weighted by Gasteiger charge is 2.34. The largest absolute Gasteiger partial charge is 0.475 e. The third kappa shape index (κ3) is 6.83. The smallest absolute Gasteiger partial charge is 0.433 e. The van der Waals surface area contributed by atoms with Gasteiger partial charge in [0.05, 0.1) is 25.9 Å². The molecule has 3 rings (SSSR count). The molecule has 1 saturated heterocycles. The molecule has 9 heteroatoms. The van der Waals surface area contributed by atoms with Gasteiger partial charge in [-0.3, -0.25) is 13.6 Å². The second-order valence-corrected chi connectivity index (χ2v) is 8.66. The molecule has 1 amide bonds. The summed E-state index contributed by atoms with van der Waals surface area (Å²) in [4.78, 5) is 13.6. The third-order valence-electron chi connectivity index (χ3n) is 4.68. The molecular formula is C21H25ClNO6P. The molecule has 1 atom stereocenters. The topological polar surface area (TPSA) is 74.3 Å². The van der Waals surface area contributed by atoms with Crippen molar-refractivity contribution in [3.63, 3.8) is 0 Å². The maximum atomic E-state index is 13.3. The van der Waals surface area contributed by atoms with Crippen molar-refractivity contribution in [3.05, 3.63) is 71.8 Å². The summed E-state index contributed by atoms with van der Waals surface area (Å²) in [7, 11) is -3.88. The summed E-state index contributed by atoms with van der Waals surface area (Å²) < 4.78 is 35.0. The Kier molecular flexibility index (Phi) is 8.73. The molecule has 30 heavy (non-hydrogen) atoms. The van der Waals surface area contributed by atoms with Gasteiger partial charge in [0.25, 0.3) is 0 Å². The normalized spacial score (nSPS) is 16.6.